The maximum atomic E-state index is 12.1. The van der Waals surface area contributed by atoms with Gasteiger partial charge in [-0.25, -0.2) is 9.59 Å². The quantitative estimate of drug-likeness (QED) is 0.601. The normalized spacial score (nSPS) is 16.5. The molecule has 0 saturated carbocycles. The number of nitrogens with one attached hydrogen (secondary N) is 1. The van der Waals surface area contributed by atoms with E-state index in [0.717, 1.165) is 22.3 Å². The topological polar surface area (TPSA) is 113 Å². The minimum atomic E-state index is -1.33. The highest BCUT2D eigenvalue weighted by Crippen LogP contribution is 2.43. The van der Waals surface area contributed by atoms with Crippen LogP contribution < -0.4 is 5.32 Å². The van der Waals surface area contributed by atoms with Crippen LogP contribution in [0.15, 0.2) is 54.6 Å². The zero-order chi connectivity index (χ0) is 20.7. The number of fused-ring (bicyclic) bond motifs is 1. The van der Waals surface area contributed by atoms with Crippen LogP contribution in [0.25, 0.3) is 5.57 Å². The lowest BCUT2D eigenvalue weighted by molar-refractivity contribution is -0.140. The zero-order valence-electron chi connectivity index (χ0n) is 15.6. The van der Waals surface area contributed by atoms with Crippen LogP contribution in [0.4, 0.5) is 4.79 Å². The molecule has 0 saturated heterocycles. The van der Waals surface area contributed by atoms with Gasteiger partial charge in [-0.1, -0.05) is 49.1 Å². The summed E-state index contributed by atoms with van der Waals surface area (Å²) in [4.78, 5) is 33.9. The zero-order valence-corrected chi connectivity index (χ0v) is 15.6. The molecule has 2 unspecified atom stereocenters. The number of hydrogen-bond donors (Lipinski definition) is 3. The summed E-state index contributed by atoms with van der Waals surface area (Å²) < 4.78 is 5.26. The number of amides is 1. The number of carboxylic acids is 2. The highest BCUT2D eigenvalue weighted by molar-refractivity contribution is 5.86. The molecule has 1 amide bonds. The lowest BCUT2D eigenvalue weighted by Crippen LogP contribution is -2.41. The van der Waals surface area contributed by atoms with Crippen LogP contribution in [0, 0.1) is 0 Å². The molecular weight excluding hydrogens is 362 g/mol. The molecule has 7 heteroatoms. The van der Waals surface area contributed by atoms with Crippen molar-refractivity contribution in [2.45, 2.75) is 31.7 Å². The molecule has 1 aliphatic carbocycles. The van der Waals surface area contributed by atoms with Crippen molar-refractivity contribution in [3.05, 3.63) is 65.8 Å². The van der Waals surface area contributed by atoms with Crippen LogP contribution in [0.1, 0.15) is 36.8 Å². The first-order valence-corrected chi connectivity index (χ1v) is 8.85. The summed E-state index contributed by atoms with van der Waals surface area (Å²) in [5.41, 5.74) is 3.97. The van der Waals surface area contributed by atoms with Crippen molar-refractivity contribution in [2.75, 3.05) is 6.61 Å². The van der Waals surface area contributed by atoms with E-state index in [2.05, 4.69) is 11.9 Å². The molecular formula is C21H23NO6. The molecule has 2 atom stereocenters. The Morgan fingerprint density at radius 3 is 2.61 bits per heavy atom. The second-order valence-electron chi connectivity index (χ2n) is 6.28. The van der Waals surface area contributed by atoms with Crippen LogP contribution in [0.2, 0.25) is 0 Å². The summed E-state index contributed by atoms with van der Waals surface area (Å²) in [5.74, 6) is -2.67. The highest BCUT2D eigenvalue weighted by Gasteiger charge is 2.30. The minimum absolute atomic E-state index is 0.0104. The van der Waals surface area contributed by atoms with Gasteiger partial charge in [-0.05, 0) is 35.6 Å². The fraction of sp³-hybridized carbons (Fsp3) is 0.286. The van der Waals surface area contributed by atoms with Gasteiger partial charge in [0.15, 0.2) is 0 Å². The molecule has 2 rings (SSSR count). The van der Waals surface area contributed by atoms with E-state index in [4.69, 9.17) is 14.9 Å². The second kappa shape index (κ2) is 9.55. The molecule has 0 heterocycles. The van der Waals surface area contributed by atoms with Crippen LogP contribution in [-0.2, 0) is 14.3 Å². The predicted octanol–water partition coefficient (Wildman–Crippen LogP) is 3.34. The van der Waals surface area contributed by atoms with Crippen molar-refractivity contribution in [2.24, 2.45) is 0 Å². The molecule has 1 aromatic carbocycles. The van der Waals surface area contributed by atoms with E-state index in [-0.39, 0.29) is 25.4 Å². The lowest BCUT2D eigenvalue weighted by atomic mass is 9.97. The maximum absolute atomic E-state index is 12.1. The van der Waals surface area contributed by atoms with Crippen LogP contribution in [-0.4, -0.2) is 40.9 Å². The predicted molar refractivity (Wildman–Crippen MR) is 104 cm³/mol. The Hall–Kier alpha value is -3.35. The Labute approximate surface area is 163 Å². The second-order valence-corrected chi connectivity index (χ2v) is 6.28. The first-order chi connectivity index (χ1) is 13.4. The van der Waals surface area contributed by atoms with Gasteiger partial charge in [0.2, 0.25) is 0 Å². The number of carbonyl (C=O) groups is 3. The maximum Gasteiger partial charge on any atom is 0.407 e. The standard InChI is InChI=1S/C21H23NO6/c1-3-7-14-13(4-2)17(16-9-6-5-8-15(14)16)12-28-21(27)22-18(20(25)26)10-11-19(23)24/h3-9,17-18H,2,10-12H2,1H3,(H,22,27)(H,23,24)(H,25,26). The molecule has 0 aromatic heterocycles. The Bertz CT molecular complexity index is 839. The van der Waals surface area contributed by atoms with Crippen molar-refractivity contribution >= 4 is 23.6 Å². The van der Waals surface area contributed by atoms with Gasteiger partial charge in [0.05, 0.1) is 0 Å². The number of hydrogen-bond acceptors (Lipinski definition) is 4. The van der Waals surface area contributed by atoms with E-state index >= 15 is 0 Å². The van der Waals surface area contributed by atoms with Crippen molar-refractivity contribution in [1.82, 2.24) is 5.32 Å². The number of alkyl carbamates (subject to hydrolysis) is 1. The van der Waals surface area contributed by atoms with Gasteiger partial charge in [-0.3, -0.25) is 4.79 Å². The summed E-state index contributed by atoms with van der Waals surface area (Å²) in [6.45, 7) is 5.79. The van der Waals surface area contributed by atoms with Gasteiger partial charge in [-0.2, -0.15) is 0 Å². The Balaban J connectivity index is 2.10. The van der Waals surface area contributed by atoms with E-state index in [1.807, 2.05) is 43.3 Å². The van der Waals surface area contributed by atoms with Gasteiger partial charge in [0.1, 0.15) is 12.6 Å². The smallest absolute Gasteiger partial charge is 0.407 e. The van der Waals surface area contributed by atoms with Gasteiger partial charge in [0.25, 0.3) is 0 Å². The average molecular weight is 385 g/mol. The molecule has 0 radical (unpaired) electrons. The number of carboxylic acid groups (broad SMARTS) is 2. The summed E-state index contributed by atoms with van der Waals surface area (Å²) in [6.07, 6.45) is 4.12. The molecule has 7 nitrogen and oxygen atoms in total. The van der Waals surface area contributed by atoms with Crippen molar-refractivity contribution in [3.8, 4) is 0 Å². The number of carbonyl (C=O) groups excluding carboxylic acids is 1. The van der Waals surface area contributed by atoms with Gasteiger partial charge < -0.3 is 20.3 Å². The Morgan fingerprint density at radius 1 is 1.29 bits per heavy atom. The third-order valence-corrected chi connectivity index (χ3v) is 4.48. The van der Waals surface area contributed by atoms with Crippen molar-refractivity contribution < 1.29 is 29.3 Å². The molecule has 1 aliphatic rings. The molecule has 3 N–H and O–H groups in total. The first-order valence-electron chi connectivity index (χ1n) is 8.85. The van der Waals surface area contributed by atoms with E-state index in [0.29, 0.717) is 0 Å². The van der Waals surface area contributed by atoms with E-state index < -0.39 is 24.1 Å². The van der Waals surface area contributed by atoms with Gasteiger partial charge in [-0.15, -0.1) is 0 Å². The molecule has 1 aromatic rings. The van der Waals surface area contributed by atoms with Crippen molar-refractivity contribution in [1.29, 1.82) is 0 Å². The monoisotopic (exact) mass is 385 g/mol. The van der Waals surface area contributed by atoms with Crippen LogP contribution >= 0.6 is 0 Å². The van der Waals surface area contributed by atoms with Gasteiger partial charge in [0, 0.05) is 12.3 Å². The molecule has 0 bridgehead atoms. The Kier molecular flexibility index (Phi) is 7.14. The Morgan fingerprint density at radius 2 is 2.00 bits per heavy atom. The molecule has 0 fully saturated rings. The SMILES string of the molecule is C=CC1=C(C=CC)c2ccccc2C1COC(=O)NC(CCC(=O)O)C(=O)O. The fourth-order valence-electron chi connectivity index (χ4n) is 3.21. The highest BCUT2D eigenvalue weighted by atomic mass is 16.5. The number of ether oxygens (including phenoxy) is 1. The summed E-state index contributed by atoms with van der Waals surface area (Å²) >= 11 is 0. The third kappa shape index (κ3) is 4.88. The molecule has 148 valence electrons. The van der Waals surface area contributed by atoms with Crippen LogP contribution in [0.3, 0.4) is 0 Å². The van der Waals surface area contributed by atoms with Crippen LogP contribution in [0.5, 0.6) is 0 Å². The average Bonchev–Trinajstić information content (AvgIpc) is 2.96. The largest absolute Gasteiger partial charge is 0.481 e. The number of aliphatic carboxylic acids is 2. The third-order valence-electron chi connectivity index (χ3n) is 4.48. The molecule has 28 heavy (non-hydrogen) atoms. The lowest BCUT2D eigenvalue weighted by Gasteiger charge is -2.17. The summed E-state index contributed by atoms with van der Waals surface area (Å²) in [7, 11) is 0. The number of benzene rings is 1. The number of rotatable bonds is 9. The summed E-state index contributed by atoms with van der Waals surface area (Å²) in [6, 6.07) is 6.44. The molecule has 0 spiro atoms. The van der Waals surface area contributed by atoms with Gasteiger partial charge >= 0.3 is 18.0 Å². The molecule has 0 aliphatic heterocycles. The van der Waals surface area contributed by atoms with E-state index in [1.165, 1.54) is 0 Å². The van der Waals surface area contributed by atoms with E-state index in [1.54, 1.807) is 6.08 Å². The minimum Gasteiger partial charge on any atom is -0.481 e. The summed E-state index contributed by atoms with van der Waals surface area (Å²) in [5, 5.41) is 20.0. The van der Waals surface area contributed by atoms with Crippen molar-refractivity contribution in [3.63, 3.8) is 0 Å². The number of allylic oxidation sites excluding steroid dienone is 4. The van der Waals surface area contributed by atoms with E-state index in [9.17, 15) is 14.4 Å². The fourth-order valence-corrected chi connectivity index (χ4v) is 3.21. The first kappa shape index (κ1) is 21.0.